The summed E-state index contributed by atoms with van der Waals surface area (Å²) in [5.74, 6) is 0.920. The molecule has 1 atom stereocenters. The molecule has 0 aliphatic rings. The van der Waals surface area contributed by atoms with Gasteiger partial charge in [-0.15, -0.1) is 0 Å². The van der Waals surface area contributed by atoms with Crippen molar-refractivity contribution in [2.24, 2.45) is 7.05 Å². The number of nitrogens with zero attached hydrogens (tertiary/aromatic N) is 2. The lowest BCUT2D eigenvalue weighted by Gasteiger charge is -2.14. The second-order valence-electron chi connectivity index (χ2n) is 5.29. The van der Waals surface area contributed by atoms with Crippen molar-refractivity contribution in [3.05, 3.63) is 47.8 Å². The highest BCUT2D eigenvalue weighted by Gasteiger charge is 2.04. The average Bonchev–Trinajstić information content (AvgIpc) is 2.91. The van der Waals surface area contributed by atoms with E-state index in [-0.39, 0.29) is 0 Å². The molecule has 0 fully saturated rings. The first kappa shape index (κ1) is 15.6. The van der Waals surface area contributed by atoms with Crippen LogP contribution in [0.15, 0.2) is 36.5 Å². The monoisotopic (exact) mass is 287 g/mol. The Kier molecular flexibility index (Phi) is 5.81. The maximum Gasteiger partial charge on any atom is 0.119 e. The average molecular weight is 287 g/mol. The Bertz CT molecular complexity index is 533. The van der Waals surface area contributed by atoms with Crippen LogP contribution in [0.4, 0.5) is 0 Å². The predicted molar refractivity (Wildman–Crippen MR) is 85.6 cm³/mol. The molecule has 114 valence electrons. The third-order valence-corrected chi connectivity index (χ3v) is 3.63. The summed E-state index contributed by atoms with van der Waals surface area (Å²) >= 11 is 0. The lowest BCUT2D eigenvalue weighted by Crippen LogP contribution is -2.19. The molecular formula is C17H25N3O. The Hall–Kier alpha value is -1.81. The third kappa shape index (κ3) is 4.60. The van der Waals surface area contributed by atoms with Gasteiger partial charge in [0.1, 0.15) is 5.75 Å². The third-order valence-electron chi connectivity index (χ3n) is 3.63. The van der Waals surface area contributed by atoms with Gasteiger partial charge in [-0.05, 0) is 43.7 Å². The number of rotatable bonds is 8. The summed E-state index contributed by atoms with van der Waals surface area (Å²) in [5, 5.41) is 7.64. The molecule has 1 N–H and O–H groups in total. The maximum atomic E-state index is 5.79. The van der Waals surface area contributed by atoms with E-state index in [9.17, 15) is 0 Å². The van der Waals surface area contributed by atoms with Gasteiger partial charge in [0.25, 0.3) is 0 Å². The van der Waals surface area contributed by atoms with Gasteiger partial charge in [-0.1, -0.05) is 19.1 Å². The number of aromatic nitrogens is 2. The summed E-state index contributed by atoms with van der Waals surface area (Å²) in [6.07, 6.45) is 3.83. The highest BCUT2D eigenvalue weighted by atomic mass is 16.5. The fourth-order valence-electron chi connectivity index (χ4n) is 2.25. The minimum atomic E-state index is 0.383. The van der Waals surface area contributed by atoms with Crippen molar-refractivity contribution in [2.75, 3.05) is 13.2 Å². The Morgan fingerprint density at radius 3 is 2.62 bits per heavy atom. The number of hydrogen-bond donors (Lipinski definition) is 1. The zero-order valence-corrected chi connectivity index (χ0v) is 13.2. The standard InChI is InChI=1S/C17H25N3O/c1-4-11-18-14(2)15-5-7-17(8-6-15)21-13-10-16-9-12-19-20(16)3/h5-9,12,14,18H,4,10-11,13H2,1-3H3. The Morgan fingerprint density at radius 1 is 1.24 bits per heavy atom. The van der Waals surface area contributed by atoms with Crippen molar-refractivity contribution in [1.29, 1.82) is 0 Å². The zero-order valence-electron chi connectivity index (χ0n) is 13.2. The van der Waals surface area contributed by atoms with E-state index in [4.69, 9.17) is 4.74 Å². The van der Waals surface area contributed by atoms with Gasteiger partial charge in [0.05, 0.1) is 6.61 Å². The predicted octanol–water partition coefficient (Wildman–Crippen LogP) is 3.10. The van der Waals surface area contributed by atoms with Crippen LogP contribution in [0.1, 0.15) is 37.6 Å². The van der Waals surface area contributed by atoms with Crippen molar-refractivity contribution < 1.29 is 4.74 Å². The molecule has 1 aromatic carbocycles. The van der Waals surface area contributed by atoms with Gasteiger partial charge < -0.3 is 10.1 Å². The van der Waals surface area contributed by atoms with Crippen LogP contribution >= 0.6 is 0 Å². The van der Waals surface area contributed by atoms with Crippen molar-refractivity contribution in [2.45, 2.75) is 32.7 Å². The quantitative estimate of drug-likeness (QED) is 0.811. The van der Waals surface area contributed by atoms with E-state index in [0.717, 1.165) is 25.1 Å². The molecule has 0 spiro atoms. The van der Waals surface area contributed by atoms with Crippen molar-refractivity contribution in [1.82, 2.24) is 15.1 Å². The number of nitrogens with one attached hydrogen (secondary N) is 1. The van der Waals surface area contributed by atoms with Gasteiger partial charge in [-0.3, -0.25) is 4.68 Å². The van der Waals surface area contributed by atoms with Gasteiger partial charge in [0.15, 0.2) is 0 Å². The molecule has 2 aromatic rings. The molecule has 0 aliphatic heterocycles. The van der Waals surface area contributed by atoms with Gasteiger partial charge in [0.2, 0.25) is 0 Å². The summed E-state index contributed by atoms with van der Waals surface area (Å²) in [5.41, 5.74) is 2.48. The second-order valence-corrected chi connectivity index (χ2v) is 5.29. The highest BCUT2D eigenvalue weighted by Crippen LogP contribution is 2.17. The van der Waals surface area contributed by atoms with E-state index in [1.165, 1.54) is 11.3 Å². The van der Waals surface area contributed by atoms with Crippen molar-refractivity contribution >= 4 is 0 Å². The topological polar surface area (TPSA) is 39.1 Å². The Morgan fingerprint density at radius 2 is 2.00 bits per heavy atom. The van der Waals surface area contributed by atoms with Gasteiger partial charge in [-0.25, -0.2) is 0 Å². The lowest BCUT2D eigenvalue weighted by atomic mass is 10.1. The van der Waals surface area contributed by atoms with E-state index in [2.05, 4.69) is 36.4 Å². The van der Waals surface area contributed by atoms with Crippen LogP contribution < -0.4 is 10.1 Å². The first-order valence-electron chi connectivity index (χ1n) is 7.63. The molecule has 4 heteroatoms. The molecular weight excluding hydrogens is 262 g/mol. The SMILES string of the molecule is CCCNC(C)c1ccc(OCCc2ccnn2C)cc1. The number of aryl methyl sites for hydroxylation is 1. The molecule has 0 amide bonds. The zero-order chi connectivity index (χ0) is 15.1. The minimum Gasteiger partial charge on any atom is -0.493 e. The van der Waals surface area contributed by atoms with Crippen LogP contribution in [0.25, 0.3) is 0 Å². The molecule has 0 saturated carbocycles. The van der Waals surface area contributed by atoms with E-state index in [1.807, 2.05) is 36.1 Å². The molecule has 21 heavy (non-hydrogen) atoms. The summed E-state index contributed by atoms with van der Waals surface area (Å²) in [6.45, 7) is 6.08. The van der Waals surface area contributed by atoms with E-state index in [1.54, 1.807) is 0 Å². The number of ether oxygens (including phenoxy) is 1. The molecule has 1 heterocycles. The maximum absolute atomic E-state index is 5.79. The fourth-order valence-corrected chi connectivity index (χ4v) is 2.25. The number of hydrogen-bond acceptors (Lipinski definition) is 3. The summed E-state index contributed by atoms with van der Waals surface area (Å²) in [7, 11) is 1.95. The summed E-state index contributed by atoms with van der Waals surface area (Å²) in [4.78, 5) is 0. The number of benzene rings is 1. The van der Waals surface area contributed by atoms with Crippen LogP contribution in [-0.2, 0) is 13.5 Å². The normalized spacial score (nSPS) is 12.3. The van der Waals surface area contributed by atoms with Crippen molar-refractivity contribution in [3.63, 3.8) is 0 Å². The summed E-state index contributed by atoms with van der Waals surface area (Å²) in [6, 6.07) is 10.8. The van der Waals surface area contributed by atoms with Gasteiger partial charge in [-0.2, -0.15) is 5.10 Å². The van der Waals surface area contributed by atoms with Crippen LogP contribution in [0.2, 0.25) is 0 Å². The van der Waals surface area contributed by atoms with Gasteiger partial charge >= 0.3 is 0 Å². The molecule has 0 bridgehead atoms. The molecule has 0 radical (unpaired) electrons. The Balaban J connectivity index is 1.81. The molecule has 0 aliphatic carbocycles. The van der Waals surface area contributed by atoms with E-state index >= 15 is 0 Å². The lowest BCUT2D eigenvalue weighted by molar-refractivity contribution is 0.318. The highest BCUT2D eigenvalue weighted by molar-refractivity contribution is 5.29. The van der Waals surface area contributed by atoms with Crippen LogP contribution in [0.3, 0.4) is 0 Å². The van der Waals surface area contributed by atoms with E-state index in [0.29, 0.717) is 12.6 Å². The van der Waals surface area contributed by atoms with Crippen LogP contribution in [0, 0.1) is 0 Å². The summed E-state index contributed by atoms with van der Waals surface area (Å²) < 4.78 is 7.67. The second kappa shape index (κ2) is 7.84. The minimum absolute atomic E-state index is 0.383. The fraction of sp³-hybridized carbons (Fsp3) is 0.471. The smallest absolute Gasteiger partial charge is 0.119 e. The molecule has 2 rings (SSSR count). The molecule has 4 nitrogen and oxygen atoms in total. The molecule has 1 unspecified atom stereocenters. The molecule has 1 aromatic heterocycles. The van der Waals surface area contributed by atoms with E-state index < -0.39 is 0 Å². The first-order chi connectivity index (χ1) is 10.2. The van der Waals surface area contributed by atoms with Gasteiger partial charge in [0, 0.05) is 31.4 Å². The first-order valence-corrected chi connectivity index (χ1v) is 7.63. The largest absolute Gasteiger partial charge is 0.493 e. The Labute approximate surface area is 127 Å². The molecule has 0 saturated heterocycles. The van der Waals surface area contributed by atoms with Crippen LogP contribution in [0.5, 0.6) is 5.75 Å². The van der Waals surface area contributed by atoms with Crippen LogP contribution in [-0.4, -0.2) is 22.9 Å². The van der Waals surface area contributed by atoms with Crippen molar-refractivity contribution in [3.8, 4) is 5.75 Å².